The summed E-state index contributed by atoms with van der Waals surface area (Å²) in [5, 5.41) is 32.7. The quantitative estimate of drug-likeness (QED) is 0.660. The normalized spacial score (nSPS) is 15.7. The molecule has 3 rings (SSSR count). The van der Waals surface area contributed by atoms with Crippen molar-refractivity contribution in [3.63, 3.8) is 0 Å². The molecule has 0 bridgehead atoms. The molecular formula is C23H22N4O4. The van der Waals surface area contributed by atoms with E-state index in [4.69, 9.17) is 15.1 Å². The fourth-order valence-corrected chi connectivity index (χ4v) is 3.60. The Morgan fingerprint density at radius 3 is 2.42 bits per heavy atom. The summed E-state index contributed by atoms with van der Waals surface area (Å²) >= 11 is 0. The number of hydrogen-bond donors (Lipinski definition) is 3. The van der Waals surface area contributed by atoms with Gasteiger partial charge in [-0.25, -0.2) is 4.79 Å². The van der Waals surface area contributed by atoms with Crippen LogP contribution in [0, 0.1) is 22.7 Å². The van der Waals surface area contributed by atoms with Crippen LogP contribution in [0.1, 0.15) is 24.0 Å². The van der Waals surface area contributed by atoms with Gasteiger partial charge in [0.1, 0.15) is 11.6 Å². The summed E-state index contributed by atoms with van der Waals surface area (Å²) in [6, 6.07) is 18.2. The first-order chi connectivity index (χ1) is 15.0. The molecule has 1 heterocycles. The Morgan fingerprint density at radius 1 is 1.10 bits per heavy atom. The van der Waals surface area contributed by atoms with Crippen molar-refractivity contribution in [2.24, 2.45) is 0 Å². The van der Waals surface area contributed by atoms with Crippen molar-refractivity contribution < 1.29 is 19.4 Å². The van der Waals surface area contributed by atoms with Gasteiger partial charge in [0.2, 0.25) is 5.91 Å². The maximum atomic E-state index is 12.8. The van der Waals surface area contributed by atoms with Gasteiger partial charge in [-0.05, 0) is 28.8 Å². The molecule has 0 aliphatic carbocycles. The number of nitrogens with zero attached hydrogens (tertiary/aromatic N) is 2. The zero-order valence-corrected chi connectivity index (χ0v) is 16.8. The summed E-state index contributed by atoms with van der Waals surface area (Å²) in [5.41, 5.74) is 1.97. The van der Waals surface area contributed by atoms with Gasteiger partial charge in [0, 0.05) is 32.5 Å². The maximum absolute atomic E-state index is 12.8. The second-order valence-electron chi connectivity index (χ2n) is 7.37. The predicted molar refractivity (Wildman–Crippen MR) is 112 cm³/mol. The van der Waals surface area contributed by atoms with Crippen LogP contribution in [0.25, 0.3) is 11.1 Å². The fourth-order valence-electron chi connectivity index (χ4n) is 3.60. The minimum absolute atomic E-state index is 0.208. The van der Waals surface area contributed by atoms with Crippen molar-refractivity contribution in [2.75, 3.05) is 13.2 Å². The van der Waals surface area contributed by atoms with Crippen molar-refractivity contribution >= 4 is 12.0 Å². The van der Waals surface area contributed by atoms with Crippen molar-refractivity contribution in [1.82, 2.24) is 10.6 Å². The second-order valence-corrected chi connectivity index (χ2v) is 7.37. The molecule has 3 N–H and O–H groups in total. The van der Waals surface area contributed by atoms with E-state index in [0.29, 0.717) is 5.56 Å². The Morgan fingerprint density at radius 2 is 1.81 bits per heavy atom. The van der Waals surface area contributed by atoms with Gasteiger partial charge in [-0.1, -0.05) is 36.4 Å². The topological polar surface area (TPSA) is 135 Å². The molecule has 2 amide bonds. The molecule has 1 aliphatic rings. The van der Waals surface area contributed by atoms with E-state index < -0.39 is 23.6 Å². The third kappa shape index (κ3) is 5.39. The van der Waals surface area contributed by atoms with Crippen LogP contribution in [0.5, 0.6) is 0 Å². The zero-order chi connectivity index (χ0) is 22.3. The number of benzene rings is 2. The molecule has 31 heavy (non-hydrogen) atoms. The number of rotatable bonds is 6. The Labute approximate surface area is 180 Å². The van der Waals surface area contributed by atoms with Gasteiger partial charge < -0.3 is 20.5 Å². The van der Waals surface area contributed by atoms with Gasteiger partial charge in [0.15, 0.2) is 0 Å². The summed E-state index contributed by atoms with van der Waals surface area (Å²) in [6.07, 6.45) is -0.596. The van der Waals surface area contributed by atoms with E-state index in [1.54, 1.807) is 12.1 Å². The molecule has 1 saturated heterocycles. The van der Waals surface area contributed by atoms with Crippen LogP contribution in [-0.2, 0) is 16.0 Å². The third-order valence-corrected chi connectivity index (χ3v) is 5.31. The number of carbonyl (C=O) groups is 2. The first kappa shape index (κ1) is 21.8. The highest BCUT2D eigenvalue weighted by Crippen LogP contribution is 2.23. The SMILES string of the molecule is N#Cc1cccc(-c2ccc(CC(C#N)NC(=O)C3(NC(=O)O)CCOCC3)cc2)c1. The highest BCUT2D eigenvalue weighted by Gasteiger charge is 2.42. The molecule has 0 aromatic heterocycles. The van der Waals surface area contributed by atoms with Crippen molar-refractivity contribution in [3.05, 3.63) is 59.7 Å². The van der Waals surface area contributed by atoms with Crippen LogP contribution in [0.15, 0.2) is 48.5 Å². The van der Waals surface area contributed by atoms with Crippen LogP contribution >= 0.6 is 0 Å². The third-order valence-electron chi connectivity index (χ3n) is 5.31. The van der Waals surface area contributed by atoms with Gasteiger partial charge in [0.25, 0.3) is 0 Å². The molecule has 2 aromatic carbocycles. The van der Waals surface area contributed by atoms with E-state index in [0.717, 1.165) is 16.7 Å². The van der Waals surface area contributed by atoms with E-state index >= 15 is 0 Å². The summed E-state index contributed by atoms with van der Waals surface area (Å²) in [6.45, 7) is 0.527. The number of nitriles is 2. The molecule has 1 fully saturated rings. The van der Waals surface area contributed by atoms with Gasteiger partial charge >= 0.3 is 6.09 Å². The summed E-state index contributed by atoms with van der Waals surface area (Å²) in [5.74, 6) is -0.519. The Hall–Kier alpha value is -3.88. The monoisotopic (exact) mass is 418 g/mol. The lowest BCUT2D eigenvalue weighted by atomic mass is 9.88. The highest BCUT2D eigenvalue weighted by atomic mass is 16.5. The standard InChI is InChI=1S/C23H22N4O4/c24-14-17-2-1-3-19(12-17)18-6-4-16(5-7-18)13-20(15-25)26-21(28)23(27-22(29)30)8-10-31-11-9-23/h1-7,12,20,27H,8-11,13H2,(H,26,28)(H,29,30). The molecule has 0 spiro atoms. The first-order valence-electron chi connectivity index (χ1n) is 9.85. The molecule has 158 valence electrons. The zero-order valence-electron chi connectivity index (χ0n) is 16.8. The van der Waals surface area contributed by atoms with E-state index in [-0.39, 0.29) is 32.5 Å². The highest BCUT2D eigenvalue weighted by molar-refractivity contribution is 5.90. The molecule has 1 unspecified atom stereocenters. The minimum atomic E-state index is -1.30. The van der Waals surface area contributed by atoms with Crippen LogP contribution in [0.3, 0.4) is 0 Å². The fraction of sp³-hybridized carbons (Fsp3) is 0.304. The van der Waals surface area contributed by atoms with Crippen LogP contribution in [0.2, 0.25) is 0 Å². The van der Waals surface area contributed by atoms with Crippen molar-refractivity contribution in [2.45, 2.75) is 30.8 Å². The van der Waals surface area contributed by atoms with E-state index in [1.807, 2.05) is 36.4 Å². The second kappa shape index (κ2) is 9.75. The number of hydrogen-bond acceptors (Lipinski definition) is 5. The molecule has 1 aliphatic heterocycles. The lowest BCUT2D eigenvalue weighted by molar-refractivity contribution is -0.131. The lowest BCUT2D eigenvalue weighted by Gasteiger charge is -2.36. The number of ether oxygens (including phenoxy) is 1. The largest absolute Gasteiger partial charge is 0.465 e. The molecular weight excluding hydrogens is 396 g/mol. The predicted octanol–water partition coefficient (Wildman–Crippen LogP) is 2.59. The number of nitrogens with one attached hydrogen (secondary N) is 2. The van der Waals surface area contributed by atoms with Crippen molar-refractivity contribution in [3.8, 4) is 23.3 Å². The first-order valence-corrected chi connectivity index (χ1v) is 9.85. The molecule has 1 atom stereocenters. The van der Waals surface area contributed by atoms with Crippen LogP contribution < -0.4 is 10.6 Å². The molecule has 8 nitrogen and oxygen atoms in total. The van der Waals surface area contributed by atoms with Gasteiger partial charge in [-0.15, -0.1) is 0 Å². The van der Waals surface area contributed by atoms with Gasteiger partial charge in [-0.3, -0.25) is 4.79 Å². The summed E-state index contributed by atoms with van der Waals surface area (Å²) < 4.78 is 5.25. The Kier molecular flexibility index (Phi) is 6.86. The smallest absolute Gasteiger partial charge is 0.405 e. The maximum Gasteiger partial charge on any atom is 0.405 e. The molecule has 0 radical (unpaired) electrons. The summed E-state index contributed by atoms with van der Waals surface area (Å²) in [7, 11) is 0. The van der Waals surface area contributed by atoms with Crippen LogP contribution in [-0.4, -0.2) is 41.9 Å². The number of carboxylic acid groups (broad SMARTS) is 1. The summed E-state index contributed by atoms with van der Waals surface area (Å²) in [4.78, 5) is 24.0. The lowest BCUT2D eigenvalue weighted by Crippen LogP contribution is -2.62. The Bertz CT molecular complexity index is 1030. The van der Waals surface area contributed by atoms with Crippen molar-refractivity contribution in [1.29, 1.82) is 10.5 Å². The van der Waals surface area contributed by atoms with Gasteiger partial charge in [-0.2, -0.15) is 10.5 Å². The molecule has 8 heteroatoms. The van der Waals surface area contributed by atoms with Crippen LogP contribution in [0.4, 0.5) is 4.79 Å². The number of carbonyl (C=O) groups excluding carboxylic acids is 1. The van der Waals surface area contributed by atoms with E-state index in [9.17, 15) is 14.9 Å². The van der Waals surface area contributed by atoms with Gasteiger partial charge in [0.05, 0.1) is 17.7 Å². The average Bonchev–Trinajstić information content (AvgIpc) is 2.79. The van der Waals surface area contributed by atoms with E-state index in [2.05, 4.69) is 22.8 Å². The number of amides is 2. The minimum Gasteiger partial charge on any atom is -0.465 e. The van der Waals surface area contributed by atoms with E-state index in [1.165, 1.54) is 0 Å². The average molecular weight is 418 g/mol. The Balaban J connectivity index is 1.69. The molecule has 2 aromatic rings. The molecule has 0 saturated carbocycles.